The van der Waals surface area contributed by atoms with Crippen molar-refractivity contribution in [3.63, 3.8) is 0 Å². The molecule has 1 aromatic heterocycles. The summed E-state index contributed by atoms with van der Waals surface area (Å²) in [6, 6.07) is 44.9. The molecule has 2 heterocycles. The van der Waals surface area contributed by atoms with Crippen molar-refractivity contribution in [3.8, 4) is 22.3 Å². The maximum absolute atomic E-state index is 4.15. The van der Waals surface area contributed by atoms with Crippen LogP contribution in [0, 0.1) is 0 Å². The second-order valence-electron chi connectivity index (χ2n) is 14.4. The highest BCUT2D eigenvalue weighted by atomic mass is 15.2. The van der Waals surface area contributed by atoms with Crippen molar-refractivity contribution in [1.29, 1.82) is 0 Å². The summed E-state index contributed by atoms with van der Waals surface area (Å²) in [6.07, 6.45) is 23.3. The molecule has 3 unspecified atom stereocenters. The van der Waals surface area contributed by atoms with E-state index >= 15 is 0 Å². The highest BCUT2D eigenvalue weighted by molar-refractivity contribution is 5.97. The fourth-order valence-electron chi connectivity index (χ4n) is 8.54. The zero-order valence-electron chi connectivity index (χ0n) is 29.8. The SMILES string of the molecule is C=Cc1c(/C=C\C)n(C2=CCC(C)(c3cccc(-c4cccc(-c5ccc(N6c7ccccc7C7C=CC=CC76)cc5)c4)c3)C=C2)c2ccccc12. The van der Waals surface area contributed by atoms with Crippen LogP contribution < -0.4 is 4.90 Å². The summed E-state index contributed by atoms with van der Waals surface area (Å²) in [4.78, 5) is 2.49. The van der Waals surface area contributed by atoms with Gasteiger partial charge in [-0.3, -0.25) is 0 Å². The van der Waals surface area contributed by atoms with Crippen molar-refractivity contribution >= 4 is 40.1 Å². The second-order valence-corrected chi connectivity index (χ2v) is 14.4. The van der Waals surface area contributed by atoms with Gasteiger partial charge in [0.05, 0.1) is 17.3 Å². The molecule has 1 aliphatic heterocycles. The molecule has 0 radical (unpaired) electrons. The molecule has 9 rings (SSSR count). The zero-order chi connectivity index (χ0) is 35.2. The standard InChI is InChI=1S/C50H42N2/c1-4-14-46-42(5-2)43-19-6-9-22-47(43)52(46)41-29-31-50(3,32-30-41)39-18-13-17-38(34-39)37-16-12-15-36(33-37)35-25-27-40(28-26-35)51-48-23-10-7-20-44(48)45-21-8-11-24-49(45)51/h4-31,33-34,44,48H,2,32H2,1,3H3/b14-4-. The molecular weight excluding hydrogens is 629 g/mol. The number of para-hydroxylation sites is 2. The number of rotatable bonds is 7. The number of aromatic nitrogens is 1. The average Bonchev–Trinajstić information content (AvgIpc) is 3.71. The molecule has 2 heteroatoms. The molecule has 0 amide bonds. The number of allylic oxidation sites excluding steroid dienone is 7. The third-order valence-corrected chi connectivity index (χ3v) is 11.3. The Morgan fingerprint density at radius 1 is 0.750 bits per heavy atom. The molecule has 5 aromatic carbocycles. The summed E-state index contributed by atoms with van der Waals surface area (Å²) >= 11 is 0. The van der Waals surface area contributed by atoms with Gasteiger partial charge in [-0.05, 0) is 89.2 Å². The minimum atomic E-state index is -0.117. The number of fused-ring (bicyclic) bond motifs is 4. The molecule has 6 aromatic rings. The van der Waals surface area contributed by atoms with Crippen LogP contribution in [0.1, 0.15) is 48.6 Å². The van der Waals surface area contributed by atoms with Crippen molar-refractivity contribution in [3.05, 3.63) is 199 Å². The minimum absolute atomic E-state index is 0.117. The van der Waals surface area contributed by atoms with Crippen molar-refractivity contribution in [2.24, 2.45) is 0 Å². The Balaban J connectivity index is 0.983. The van der Waals surface area contributed by atoms with Gasteiger partial charge in [-0.2, -0.15) is 0 Å². The van der Waals surface area contributed by atoms with E-state index in [-0.39, 0.29) is 5.41 Å². The predicted molar refractivity (Wildman–Crippen MR) is 223 cm³/mol. The first-order chi connectivity index (χ1) is 25.6. The number of nitrogens with zero attached hydrogens (tertiary/aromatic N) is 2. The fraction of sp³-hybridized carbons (Fsp3) is 0.120. The van der Waals surface area contributed by atoms with Crippen LogP contribution >= 0.6 is 0 Å². The Hall–Kier alpha value is -6.12. The van der Waals surface area contributed by atoms with Crippen LogP contribution in [0.3, 0.4) is 0 Å². The lowest BCUT2D eigenvalue weighted by atomic mass is 9.76. The quantitative estimate of drug-likeness (QED) is 0.164. The van der Waals surface area contributed by atoms with Gasteiger partial charge >= 0.3 is 0 Å². The molecule has 3 aliphatic rings. The summed E-state index contributed by atoms with van der Waals surface area (Å²) in [5, 5.41) is 1.23. The molecule has 0 spiro atoms. The van der Waals surface area contributed by atoms with E-state index in [9.17, 15) is 0 Å². The average molecular weight is 671 g/mol. The molecule has 252 valence electrons. The van der Waals surface area contributed by atoms with Crippen molar-refractivity contribution in [1.82, 2.24) is 4.57 Å². The van der Waals surface area contributed by atoms with E-state index < -0.39 is 0 Å². The summed E-state index contributed by atoms with van der Waals surface area (Å²) in [6.45, 7) is 8.57. The molecule has 0 N–H and O–H groups in total. The van der Waals surface area contributed by atoms with Gasteiger partial charge in [0.1, 0.15) is 0 Å². The van der Waals surface area contributed by atoms with Gasteiger partial charge in [0.2, 0.25) is 0 Å². The van der Waals surface area contributed by atoms with E-state index in [1.54, 1.807) is 0 Å². The van der Waals surface area contributed by atoms with Crippen LogP contribution in [0.4, 0.5) is 11.4 Å². The lowest BCUT2D eigenvalue weighted by molar-refractivity contribution is 0.599. The molecule has 0 saturated carbocycles. The maximum Gasteiger partial charge on any atom is 0.0629 e. The van der Waals surface area contributed by atoms with Gasteiger partial charge in [-0.15, -0.1) is 0 Å². The number of benzene rings is 5. The molecule has 0 saturated heterocycles. The van der Waals surface area contributed by atoms with E-state index in [4.69, 9.17) is 0 Å². The first-order valence-corrected chi connectivity index (χ1v) is 18.4. The first-order valence-electron chi connectivity index (χ1n) is 18.4. The van der Waals surface area contributed by atoms with Gasteiger partial charge in [0.25, 0.3) is 0 Å². The molecule has 2 nitrogen and oxygen atoms in total. The van der Waals surface area contributed by atoms with Crippen molar-refractivity contribution < 1.29 is 0 Å². The van der Waals surface area contributed by atoms with Crippen LogP contribution in [0.25, 0.3) is 51.0 Å². The molecule has 2 aliphatic carbocycles. The Labute approximate surface area is 307 Å². The summed E-state index contributed by atoms with van der Waals surface area (Å²) in [5.41, 5.74) is 14.8. The van der Waals surface area contributed by atoms with Gasteiger partial charge in [0, 0.05) is 39.4 Å². The summed E-state index contributed by atoms with van der Waals surface area (Å²) in [5.74, 6) is 0.388. The topological polar surface area (TPSA) is 8.17 Å². The Morgan fingerprint density at radius 3 is 2.27 bits per heavy atom. The molecule has 0 fully saturated rings. The highest BCUT2D eigenvalue weighted by Gasteiger charge is 2.37. The lowest BCUT2D eigenvalue weighted by Crippen LogP contribution is -2.28. The summed E-state index contributed by atoms with van der Waals surface area (Å²) < 4.78 is 2.38. The molecule has 3 atom stereocenters. The van der Waals surface area contributed by atoms with Crippen LogP contribution in [0.5, 0.6) is 0 Å². The van der Waals surface area contributed by atoms with Gasteiger partial charge in [0.15, 0.2) is 0 Å². The molecule has 0 bridgehead atoms. The number of anilines is 2. The fourth-order valence-corrected chi connectivity index (χ4v) is 8.54. The number of hydrogen-bond acceptors (Lipinski definition) is 1. The Bertz CT molecular complexity index is 2500. The van der Waals surface area contributed by atoms with E-state index in [1.807, 2.05) is 6.08 Å². The smallest absolute Gasteiger partial charge is 0.0629 e. The normalized spacial score (nSPS) is 20.3. The second kappa shape index (κ2) is 12.9. The Morgan fingerprint density at radius 2 is 1.48 bits per heavy atom. The van der Waals surface area contributed by atoms with Crippen LogP contribution in [0.2, 0.25) is 0 Å². The molecule has 52 heavy (non-hydrogen) atoms. The van der Waals surface area contributed by atoms with E-state index in [2.05, 4.69) is 206 Å². The lowest BCUT2D eigenvalue weighted by Gasteiger charge is -2.30. The first kappa shape index (κ1) is 31.8. The minimum Gasteiger partial charge on any atom is -0.333 e. The van der Waals surface area contributed by atoms with Gasteiger partial charge in [-0.25, -0.2) is 0 Å². The van der Waals surface area contributed by atoms with E-state index in [0.29, 0.717) is 12.0 Å². The Kier molecular flexibility index (Phi) is 7.89. The highest BCUT2D eigenvalue weighted by Crippen LogP contribution is 2.48. The largest absolute Gasteiger partial charge is 0.333 e. The van der Waals surface area contributed by atoms with Crippen LogP contribution in [0.15, 0.2) is 177 Å². The third kappa shape index (κ3) is 5.26. The predicted octanol–water partition coefficient (Wildman–Crippen LogP) is 13.1. The van der Waals surface area contributed by atoms with Crippen molar-refractivity contribution in [2.45, 2.75) is 37.6 Å². The van der Waals surface area contributed by atoms with Gasteiger partial charge in [-0.1, -0.05) is 153 Å². The third-order valence-electron chi connectivity index (χ3n) is 11.3. The van der Waals surface area contributed by atoms with E-state index in [0.717, 1.165) is 6.42 Å². The summed E-state index contributed by atoms with van der Waals surface area (Å²) in [7, 11) is 0. The van der Waals surface area contributed by atoms with E-state index in [1.165, 1.54) is 72.6 Å². The number of hydrogen-bond donors (Lipinski definition) is 0. The maximum atomic E-state index is 4.15. The van der Waals surface area contributed by atoms with Crippen LogP contribution in [-0.4, -0.2) is 10.6 Å². The zero-order valence-corrected chi connectivity index (χ0v) is 29.8. The monoisotopic (exact) mass is 670 g/mol. The molecular formula is C50H42N2. The van der Waals surface area contributed by atoms with Crippen molar-refractivity contribution in [2.75, 3.05) is 4.90 Å². The van der Waals surface area contributed by atoms with Gasteiger partial charge < -0.3 is 9.47 Å². The van der Waals surface area contributed by atoms with Crippen LogP contribution in [-0.2, 0) is 5.41 Å².